The van der Waals surface area contributed by atoms with Gasteiger partial charge in [-0.25, -0.2) is 0 Å². The zero-order valence-electron chi connectivity index (χ0n) is 11.4. The molecule has 0 unspecified atom stereocenters. The summed E-state index contributed by atoms with van der Waals surface area (Å²) in [5, 5.41) is 4.94. The second-order valence-corrected chi connectivity index (χ2v) is 5.61. The number of hydrogen-bond donors (Lipinski definition) is 1. The van der Waals surface area contributed by atoms with Crippen molar-refractivity contribution in [3.05, 3.63) is 42.1 Å². The minimum absolute atomic E-state index is 0.703. The molecule has 1 aromatic carbocycles. The van der Waals surface area contributed by atoms with Gasteiger partial charge in [0.05, 0.1) is 5.52 Å². The third-order valence-electron chi connectivity index (χ3n) is 4.10. The summed E-state index contributed by atoms with van der Waals surface area (Å²) in [5.41, 5.74) is 2.38. The first-order valence-electron chi connectivity index (χ1n) is 7.49. The van der Waals surface area contributed by atoms with Crippen LogP contribution in [0.5, 0.6) is 0 Å². The first-order valence-corrected chi connectivity index (χ1v) is 7.49. The lowest BCUT2D eigenvalue weighted by Crippen LogP contribution is -2.27. The summed E-state index contributed by atoms with van der Waals surface area (Å²) in [6.07, 6.45) is 10.3. The van der Waals surface area contributed by atoms with Crippen LogP contribution in [-0.4, -0.2) is 11.0 Å². The molecule has 0 bridgehead atoms. The molecule has 0 aliphatic heterocycles. The molecule has 2 heteroatoms. The van der Waals surface area contributed by atoms with E-state index in [4.69, 9.17) is 0 Å². The van der Waals surface area contributed by atoms with E-state index in [0.717, 1.165) is 12.1 Å². The standard InChI is InChI=1S/C17H22N2/c1-2-4-9-16(8-3-1)18-12-14-11-15-7-5-6-10-17(15)19-13-14/h5-7,10-11,13,16,18H,1-4,8-9,12H2. The summed E-state index contributed by atoms with van der Waals surface area (Å²) < 4.78 is 0. The molecule has 0 atom stereocenters. The van der Waals surface area contributed by atoms with Crippen LogP contribution in [0.3, 0.4) is 0 Å². The van der Waals surface area contributed by atoms with Gasteiger partial charge in [0, 0.05) is 24.2 Å². The maximum Gasteiger partial charge on any atom is 0.0702 e. The van der Waals surface area contributed by atoms with Gasteiger partial charge in [-0.2, -0.15) is 0 Å². The smallest absolute Gasteiger partial charge is 0.0702 e. The predicted molar refractivity (Wildman–Crippen MR) is 80.1 cm³/mol. The van der Waals surface area contributed by atoms with E-state index in [1.54, 1.807) is 0 Å². The van der Waals surface area contributed by atoms with Crippen molar-refractivity contribution in [3.8, 4) is 0 Å². The monoisotopic (exact) mass is 254 g/mol. The van der Waals surface area contributed by atoms with Gasteiger partial charge in [-0.1, -0.05) is 43.9 Å². The molecule has 1 saturated carbocycles. The molecule has 1 heterocycles. The Labute approximate surface area is 115 Å². The number of rotatable bonds is 3. The van der Waals surface area contributed by atoms with Crippen molar-refractivity contribution < 1.29 is 0 Å². The Morgan fingerprint density at radius 1 is 1.05 bits per heavy atom. The van der Waals surface area contributed by atoms with E-state index >= 15 is 0 Å². The number of para-hydroxylation sites is 1. The number of aromatic nitrogens is 1. The van der Waals surface area contributed by atoms with Gasteiger partial charge in [0.1, 0.15) is 0 Å². The van der Waals surface area contributed by atoms with Crippen molar-refractivity contribution in [2.45, 2.75) is 51.1 Å². The van der Waals surface area contributed by atoms with Crippen molar-refractivity contribution in [2.24, 2.45) is 0 Å². The second-order valence-electron chi connectivity index (χ2n) is 5.61. The van der Waals surface area contributed by atoms with E-state index in [-0.39, 0.29) is 0 Å². The van der Waals surface area contributed by atoms with Gasteiger partial charge in [0.2, 0.25) is 0 Å². The average molecular weight is 254 g/mol. The van der Waals surface area contributed by atoms with Crippen LogP contribution in [0.25, 0.3) is 10.9 Å². The average Bonchev–Trinajstić information content (AvgIpc) is 2.73. The van der Waals surface area contributed by atoms with E-state index in [9.17, 15) is 0 Å². The van der Waals surface area contributed by atoms with Crippen LogP contribution in [0.15, 0.2) is 36.5 Å². The van der Waals surface area contributed by atoms with Crippen LogP contribution in [0.2, 0.25) is 0 Å². The Bertz CT molecular complexity index is 528. The van der Waals surface area contributed by atoms with Crippen LogP contribution in [0, 0.1) is 0 Å². The van der Waals surface area contributed by atoms with Gasteiger partial charge in [-0.05, 0) is 30.5 Å². The molecule has 2 aromatic rings. The lowest BCUT2D eigenvalue weighted by molar-refractivity contribution is 0.459. The molecule has 1 aromatic heterocycles. The van der Waals surface area contributed by atoms with Crippen molar-refractivity contribution in [3.63, 3.8) is 0 Å². The largest absolute Gasteiger partial charge is 0.310 e. The van der Waals surface area contributed by atoms with Gasteiger partial charge >= 0.3 is 0 Å². The van der Waals surface area contributed by atoms with Gasteiger partial charge in [0.15, 0.2) is 0 Å². The zero-order valence-corrected chi connectivity index (χ0v) is 11.4. The maximum atomic E-state index is 4.52. The first-order chi connectivity index (χ1) is 9.42. The summed E-state index contributed by atoms with van der Waals surface area (Å²) >= 11 is 0. The van der Waals surface area contributed by atoms with Gasteiger partial charge < -0.3 is 5.32 Å². The normalized spacial score (nSPS) is 17.5. The number of pyridine rings is 1. The molecule has 0 amide bonds. The highest BCUT2D eigenvalue weighted by molar-refractivity contribution is 5.78. The zero-order chi connectivity index (χ0) is 12.9. The quantitative estimate of drug-likeness (QED) is 0.836. The van der Waals surface area contributed by atoms with Gasteiger partial charge in [-0.3, -0.25) is 4.98 Å². The molecule has 100 valence electrons. The molecular weight excluding hydrogens is 232 g/mol. The minimum atomic E-state index is 0.703. The Kier molecular flexibility index (Phi) is 4.09. The molecule has 1 aliphatic carbocycles. The van der Waals surface area contributed by atoms with Crippen molar-refractivity contribution >= 4 is 10.9 Å². The summed E-state index contributed by atoms with van der Waals surface area (Å²) in [7, 11) is 0. The van der Waals surface area contributed by atoms with Crippen molar-refractivity contribution in [1.29, 1.82) is 0 Å². The highest BCUT2D eigenvalue weighted by Gasteiger charge is 2.11. The second kappa shape index (κ2) is 6.16. The van der Waals surface area contributed by atoms with E-state index in [1.807, 2.05) is 12.3 Å². The molecule has 0 radical (unpaired) electrons. The Morgan fingerprint density at radius 2 is 1.84 bits per heavy atom. The summed E-state index contributed by atoms with van der Waals surface area (Å²) in [6, 6.07) is 11.3. The molecule has 2 nitrogen and oxygen atoms in total. The lowest BCUT2D eigenvalue weighted by Gasteiger charge is -2.16. The molecule has 3 rings (SSSR count). The van der Waals surface area contributed by atoms with E-state index < -0.39 is 0 Å². The molecule has 0 spiro atoms. The summed E-state index contributed by atoms with van der Waals surface area (Å²) in [5.74, 6) is 0. The molecule has 1 N–H and O–H groups in total. The van der Waals surface area contributed by atoms with Crippen LogP contribution >= 0.6 is 0 Å². The van der Waals surface area contributed by atoms with E-state index in [0.29, 0.717) is 6.04 Å². The molecule has 1 aliphatic rings. The van der Waals surface area contributed by atoms with Crippen LogP contribution < -0.4 is 5.32 Å². The highest BCUT2D eigenvalue weighted by atomic mass is 14.9. The molecule has 0 saturated heterocycles. The van der Waals surface area contributed by atoms with E-state index in [2.05, 4.69) is 34.6 Å². The summed E-state index contributed by atoms with van der Waals surface area (Å²) in [6.45, 7) is 0.947. The highest BCUT2D eigenvalue weighted by Crippen LogP contribution is 2.18. The maximum absolute atomic E-state index is 4.52. The Hall–Kier alpha value is -1.41. The third kappa shape index (κ3) is 3.32. The summed E-state index contributed by atoms with van der Waals surface area (Å²) in [4.78, 5) is 4.52. The fourth-order valence-electron chi connectivity index (χ4n) is 2.96. The number of hydrogen-bond acceptors (Lipinski definition) is 2. The third-order valence-corrected chi connectivity index (χ3v) is 4.10. The molecule has 19 heavy (non-hydrogen) atoms. The van der Waals surface area contributed by atoms with Crippen LogP contribution in [0.4, 0.5) is 0 Å². The van der Waals surface area contributed by atoms with Crippen LogP contribution in [0.1, 0.15) is 44.1 Å². The predicted octanol–water partition coefficient (Wildman–Crippen LogP) is 4.05. The minimum Gasteiger partial charge on any atom is -0.310 e. The fourth-order valence-corrected chi connectivity index (χ4v) is 2.96. The lowest BCUT2D eigenvalue weighted by atomic mass is 10.1. The number of nitrogens with zero attached hydrogens (tertiary/aromatic N) is 1. The topological polar surface area (TPSA) is 24.9 Å². The SMILES string of the molecule is c1ccc2ncc(CNC3CCCCCC3)cc2c1. The van der Waals surface area contributed by atoms with E-state index in [1.165, 1.54) is 49.5 Å². The Morgan fingerprint density at radius 3 is 2.68 bits per heavy atom. The van der Waals surface area contributed by atoms with Gasteiger partial charge in [-0.15, -0.1) is 0 Å². The Balaban J connectivity index is 1.64. The van der Waals surface area contributed by atoms with Crippen LogP contribution in [-0.2, 0) is 6.54 Å². The molecular formula is C17H22N2. The van der Waals surface area contributed by atoms with Gasteiger partial charge in [0.25, 0.3) is 0 Å². The fraction of sp³-hybridized carbons (Fsp3) is 0.471. The first kappa shape index (κ1) is 12.6. The number of fused-ring (bicyclic) bond motifs is 1. The molecule has 1 fully saturated rings. The number of benzene rings is 1. The van der Waals surface area contributed by atoms with Crippen molar-refractivity contribution in [1.82, 2.24) is 10.3 Å². The van der Waals surface area contributed by atoms with Crippen molar-refractivity contribution in [2.75, 3.05) is 0 Å². The number of nitrogens with one attached hydrogen (secondary N) is 1.